The smallest absolute Gasteiger partial charge is 0.429 e. The van der Waals surface area contributed by atoms with Crippen molar-refractivity contribution in [1.82, 2.24) is 15.3 Å². The van der Waals surface area contributed by atoms with E-state index in [-0.39, 0.29) is 39.8 Å². The lowest BCUT2D eigenvalue weighted by Crippen LogP contribution is -2.57. The van der Waals surface area contributed by atoms with Crippen molar-refractivity contribution in [2.24, 2.45) is 33.5 Å². The van der Waals surface area contributed by atoms with Gasteiger partial charge < -0.3 is 14.4 Å². The monoisotopic (exact) mass is 491 g/mol. The number of carbonyl (C=O) groups excluding carboxylic acids is 3. The van der Waals surface area contributed by atoms with E-state index in [0.29, 0.717) is 11.8 Å². The van der Waals surface area contributed by atoms with Crippen molar-refractivity contribution >= 4 is 18.1 Å². The molecule has 0 spiro atoms. The van der Waals surface area contributed by atoms with Crippen molar-refractivity contribution in [1.29, 1.82) is 0 Å². The van der Waals surface area contributed by atoms with Crippen LogP contribution in [0.25, 0.3) is 0 Å². The standard InChI is InChI=1S/C27H45N3O5/c1-16(21(31)29(8)9)30(23(33)35-20-15-18-11-13-27(20,7)25(18,4)5)28-22(32)34-19-14-17-10-12-26(19,6)24(17,2)3/h16-20H,10-15H2,1-9H3,(H,28,32)/t16-,17-,18-,19-,20-,26+,27+/m1/s1. The summed E-state index contributed by atoms with van der Waals surface area (Å²) in [5, 5.41) is 1.02. The van der Waals surface area contributed by atoms with Gasteiger partial charge in [-0.1, -0.05) is 41.5 Å². The molecule has 1 N–H and O–H groups in total. The third-order valence-corrected chi connectivity index (χ3v) is 11.5. The largest absolute Gasteiger partial charge is 0.444 e. The van der Waals surface area contributed by atoms with Crippen LogP contribution >= 0.6 is 0 Å². The van der Waals surface area contributed by atoms with E-state index in [9.17, 15) is 14.4 Å². The van der Waals surface area contributed by atoms with Gasteiger partial charge in [0.1, 0.15) is 18.2 Å². The molecule has 8 heteroatoms. The molecule has 35 heavy (non-hydrogen) atoms. The lowest BCUT2D eigenvalue weighted by Gasteiger charge is -2.40. The first-order chi connectivity index (χ1) is 16.1. The summed E-state index contributed by atoms with van der Waals surface area (Å²) in [6, 6.07) is -0.934. The Hall–Kier alpha value is -1.99. The van der Waals surface area contributed by atoms with Crippen molar-refractivity contribution in [3.05, 3.63) is 0 Å². The minimum absolute atomic E-state index is 0.0737. The molecule has 3 amide bonds. The number of amides is 3. The molecule has 0 unspecified atom stereocenters. The molecule has 0 aromatic heterocycles. The molecule has 8 nitrogen and oxygen atoms in total. The van der Waals surface area contributed by atoms with E-state index >= 15 is 0 Å². The number of hydrazine groups is 1. The lowest BCUT2D eigenvalue weighted by molar-refractivity contribution is -0.134. The summed E-state index contributed by atoms with van der Waals surface area (Å²) in [4.78, 5) is 40.7. The number of nitrogens with one attached hydrogen (secondary N) is 1. The van der Waals surface area contributed by atoms with Crippen LogP contribution in [0.5, 0.6) is 0 Å². The van der Waals surface area contributed by atoms with E-state index in [1.165, 1.54) is 4.90 Å². The molecular weight excluding hydrogens is 446 g/mol. The Balaban J connectivity index is 1.48. The Labute approximate surface area is 210 Å². The van der Waals surface area contributed by atoms with E-state index in [2.05, 4.69) is 47.0 Å². The summed E-state index contributed by atoms with van der Waals surface area (Å²) in [7, 11) is 3.25. The van der Waals surface area contributed by atoms with Crippen molar-refractivity contribution in [3.63, 3.8) is 0 Å². The number of fused-ring (bicyclic) bond motifs is 4. The highest BCUT2D eigenvalue weighted by Gasteiger charge is 2.64. The summed E-state index contributed by atoms with van der Waals surface area (Å²) in [5.41, 5.74) is 2.52. The third kappa shape index (κ3) is 3.72. The topological polar surface area (TPSA) is 88.2 Å². The van der Waals surface area contributed by atoms with Crippen molar-refractivity contribution in [2.75, 3.05) is 14.1 Å². The van der Waals surface area contributed by atoms with Crippen LogP contribution in [-0.4, -0.2) is 60.3 Å². The zero-order valence-electron chi connectivity index (χ0n) is 23.1. The van der Waals surface area contributed by atoms with Gasteiger partial charge in [-0.3, -0.25) is 4.79 Å². The SMILES string of the molecule is C[C@H](C(=O)N(C)C)N(NC(=O)O[C@@H]1C[C@H]2CC[C@]1(C)C2(C)C)C(=O)O[C@@H]1C[C@H]2CC[C@]1(C)C2(C)C. The van der Waals surface area contributed by atoms with Gasteiger partial charge >= 0.3 is 12.2 Å². The highest BCUT2D eigenvalue weighted by atomic mass is 16.6. The van der Waals surface area contributed by atoms with Crippen LogP contribution in [0.3, 0.4) is 0 Å². The fourth-order valence-electron chi connectivity index (χ4n) is 7.83. The minimum atomic E-state index is -0.934. The molecule has 198 valence electrons. The van der Waals surface area contributed by atoms with Crippen LogP contribution in [0.15, 0.2) is 0 Å². The zero-order valence-corrected chi connectivity index (χ0v) is 23.1. The second-order valence-electron chi connectivity index (χ2n) is 13.4. The first-order valence-electron chi connectivity index (χ1n) is 13.2. The molecule has 0 aromatic rings. The molecule has 7 atom stereocenters. The zero-order chi connectivity index (χ0) is 26.1. The Bertz CT molecular complexity index is 901. The molecule has 4 saturated carbocycles. The number of ether oxygens (including phenoxy) is 2. The molecule has 4 rings (SSSR count). The van der Waals surface area contributed by atoms with Crippen LogP contribution in [0.4, 0.5) is 9.59 Å². The molecule has 4 aliphatic rings. The Morgan fingerprint density at radius 2 is 1.29 bits per heavy atom. The first kappa shape index (κ1) is 26.1. The Morgan fingerprint density at radius 3 is 1.66 bits per heavy atom. The van der Waals surface area contributed by atoms with E-state index in [1.807, 2.05) is 0 Å². The quantitative estimate of drug-likeness (QED) is 0.561. The second kappa shape index (κ2) is 8.27. The molecule has 0 aromatic carbocycles. The molecule has 4 fully saturated rings. The lowest BCUT2D eigenvalue weighted by atomic mass is 9.70. The summed E-state index contributed by atoms with van der Waals surface area (Å²) < 4.78 is 11.9. The van der Waals surface area contributed by atoms with E-state index in [4.69, 9.17) is 9.47 Å². The van der Waals surface area contributed by atoms with Gasteiger partial charge in [-0.05, 0) is 68.1 Å². The number of hydrogen-bond donors (Lipinski definition) is 1. The fourth-order valence-corrected chi connectivity index (χ4v) is 7.83. The number of carbonyl (C=O) groups is 3. The summed E-state index contributed by atoms with van der Waals surface area (Å²) in [6.07, 6.45) is 4.03. The average Bonchev–Trinajstić information content (AvgIpc) is 3.28. The van der Waals surface area contributed by atoms with E-state index in [1.54, 1.807) is 21.0 Å². The summed E-state index contributed by atoms with van der Waals surface area (Å²) in [6.45, 7) is 15.0. The molecular formula is C27H45N3O5. The van der Waals surface area contributed by atoms with E-state index < -0.39 is 18.2 Å². The van der Waals surface area contributed by atoms with Crippen LogP contribution in [0.1, 0.15) is 87.0 Å². The van der Waals surface area contributed by atoms with Crippen molar-refractivity contribution < 1.29 is 23.9 Å². The maximum Gasteiger partial charge on any atom is 0.429 e. The summed E-state index contributed by atoms with van der Waals surface area (Å²) in [5.74, 6) is 0.705. The first-order valence-corrected chi connectivity index (χ1v) is 13.2. The number of rotatable bonds is 4. The van der Waals surface area contributed by atoms with Crippen LogP contribution in [0.2, 0.25) is 0 Å². The Morgan fingerprint density at radius 1 is 0.829 bits per heavy atom. The second-order valence-corrected chi connectivity index (χ2v) is 13.4. The van der Waals surface area contributed by atoms with Gasteiger partial charge in [0.2, 0.25) is 5.91 Å². The van der Waals surface area contributed by atoms with Gasteiger partial charge in [0.25, 0.3) is 0 Å². The molecule has 4 aliphatic carbocycles. The van der Waals surface area contributed by atoms with Gasteiger partial charge in [0.05, 0.1) is 0 Å². The summed E-state index contributed by atoms with van der Waals surface area (Å²) >= 11 is 0. The van der Waals surface area contributed by atoms with Crippen molar-refractivity contribution in [2.45, 2.75) is 105 Å². The maximum atomic E-state index is 13.4. The molecule has 4 bridgehead atoms. The van der Waals surface area contributed by atoms with Gasteiger partial charge in [0.15, 0.2) is 0 Å². The van der Waals surface area contributed by atoms with Crippen molar-refractivity contribution in [3.8, 4) is 0 Å². The fraction of sp³-hybridized carbons (Fsp3) is 0.889. The van der Waals surface area contributed by atoms with Gasteiger partial charge in [-0.2, -0.15) is 0 Å². The highest BCUT2D eigenvalue weighted by Crippen LogP contribution is 2.67. The van der Waals surface area contributed by atoms with Crippen LogP contribution in [0, 0.1) is 33.5 Å². The minimum Gasteiger partial charge on any atom is -0.444 e. The number of likely N-dealkylation sites (N-methyl/N-ethyl adjacent to an activating group) is 1. The third-order valence-electron chi connectivity index (χ3n) is 11.5. The predicted octanol–water partition coefficient (Wildman–Crippen LogP) is 4.97. The number of hydrogen-bond acceptors (Lipinski definition) is 5. The van der Waals surface area contributed by atoms with Crippen LogP contribution in [-0.2, 0) is 14.3 Å². The van der Waals surface area contributed by atoms with Crippen LogP contribution < -0.4 is 5.43 Å². The van der Waals surface area contributed by atoms with Gasteiger partial charge in [0, 0.05) is 24.9 Å². The highest BCUT2D eigenvalue weighted by molar-refractivity contribution is 5.86. The molecule has 0 radical (unpaired) electrons. The van der Waals surface area contributed by atoms with Gasteiger partial charge in [-0.15, -0.1) is 0 Å². The normalized spacial score (nSPS) is 38.7. The predicted molar refractivity (Wildman–Crippen MR) is 132 cm³/mol. The molecule has 0 saturated heterocycles. The van der Waals surface area contributed by atoms with E-state index in [0.717, 1.165) is 43.5 Å². The Kier molecular flexibility index (Phi) is 6.16. The number of nitrogens with zero attached hydrogens (tertiary/aromatic N) is 2. The average molecular weight is 492 g/mol. The molecule has 0 heterocycles. The van der Waals surface area contributed by atoms with Gasteiger partial charge in [-0.25, -0.2) is 20.0 Å². The maximum absolute atomic E-state index is 13.4. The molecule has 0 aliphatic heterocycles.